The molecule has 1 fully saturated rings. The van der Waals surface area contributed by atoms with Crippen molar-refractivity contribution in [2.45, 2.75) is 44.7 Å². The number of guanidine groups is 1. The van der Waals surface area contributed by atoms with Crippen molar-refractivity contribution in [2.75, 3.05) is 38.1 Å². The van der Waals surface area contributed by atoms with Gasteiger partial charge >= 0.3 is 0 Å². The third kappa shape index (κ3) is 6.84. The number of aliphatic imine (C=N–C) groups is 1. The minimum atomic E-state index is 0. The Morgan fingerprint density at radius 1 is 1.24 bits per heavy atom. The van der Waals surface area contributed by atoms with Crippen molar-refractivity contribution in [3.05, 3.63) is 47.8 Å². The number of aryl methyl sites for hydroxylation is 1. The standard InChI is InChI=1S/C24H35N7O.HI/c1-25-24(28-21-9-6-13-30(17-21)22-15-27-29(2)18-22)26-12-5-10-23(32)31-14-11-19-7-3-4-8-20(19)16-31;/h3-4,7-8,15,18,21H,5-6,9-14,16-17H2,1-2H3,(H2,25,26,28);1H. The lowest BCUT2D eigenvalue weighted by atomic mass is 9.99. The minimum absolute atomic E-state index is 0. The molecule has 8 nitrogen and oxygen atoms in total. The van der Waals surface area contributed by atoms with Crippen LogP contribution in [0.1, 0.15) is 36.8 Å². The number of fused-ring (bicyclic) bond motifs is 1. The van der Waals surface area contributed by atoms with E-state index in [2.05, 4.69) is 56.1 Å². The molecule has 2 aromatic rings. The van der Waals surface area contributed by atoms with Crippen LogP contribution in [0.4, 0.5) is 5.69 Å². The molecular formula is C24H36IN7O. The van der Waals surface area contributed by atoms with E-state index in [1.54, 1.807) is 7.05 Å². The van der Waals surface area contributed by atoms with E-state index >= 15 is 0 Å². The Morgan fingerprint density at radius 2 is 2.06 bits per heavy atom. The van der Waals surface area contributed by atoms with E-state index in [1.807, 2.05) is 22.8 Å². The highest BCUT2D eigenvalue weighted by Gasteiger charge is 2.22. The lowest BCUT2D eigenvalue weighted by Gasteiger charge is -2.34. The number of hydrogen-bond donors (Lipinski definition) is 2. The average molecular weight is 566 g/mol. The van der Waals surface area contributed by atoms with Crippen molar-refractivity contribution in [3.8, 4) is 0 Å². The number of hydrogen-bond acceptors (Lipinski definition) is 4. The number of carbonyl (C=O) groups is 1. The van der Waals surface area contributed by atoms with Crippen LogP contribution >= 0.6 is 24.0 Å². The SMILES string of the molecule is CN=C(NCCCC(=O)N1CCc2ccccc2C1)NC1CCCN(c2cnn(C)c2)C1.I. The molecule has 4 rings (SSSR count). The third-order valence-electron chi connectivity index (χ3n) is 6.39. The number of aromatic nitrogens is 2. The Bertz CT molecular complexity index is 944. The quantitative estimate of drug-likeness (QED) is 0.244. The van der Waals surface area contributed by atoms with Gasteiger partial charge in [-0.05, 0) is 36.8 Å². The van der Waals surface area contributed by atoms with Crippen LogP contribution in [0.15, 0.2) is 41.7 Å². The summed E-state index contributed by atoms with van der Waals surface area (Å²) in [6, 6.07) is 8.77. The van der Waals surface area contributed by atoms with E-state index in [1.165, 1.54) is 16.8 Å². The first-order chi connectivity index (χ1) is 15.6. The fourth-order valence-corrected chi connectivity index (χ4v) is 4.60. The highest BCUT2D eigenvalue weighted by atomic mass is 127. The third-order valence-corrected chi connectivity index (χ3v) is 6.39. The molecule has 1 atom stereocenters. The second-order valence-electron chi connectivity index (χ2n) is 8.74. The van der Waals surface area contributed by atoms with Gasteiger partial charge in [0.25, 0.3) is 0 Å². The van der Waals surface area contributed by atoms with Gasteiger partial charge in [0.05, 0.1) is 11.9 Å². The number of carbonyl (C=O) groups excluding carboxylic acids is 1. The molecule has 0 spiro atoms. The molecule has 1 aromatic heterocycles. The number of rotatable bonds is 6. The number of piperidine rings is 1. The molecule has 9 heteroatoms. The van der Waals surface area contributed by atoms with Crippen molar-refractivity contribution >= 4 is 41.5 Å². The number of amides is 1. The maximum atomic E-state index is 12.7. The van der Waals surface area contributed by atoms with Gasteiger partial charge in [-0.3, -0.25) is 14.5 Å². The molecule has 0 radical (unpaired) electrons. The maximum Gasteiger partial charge on any atom is 0.222 e. The molecular weight excluding hydrogens is 529 g/mol. The fraction of sp³-hybridized carbons (Fsp3) is 0.542. The second kappa shape index (κ2) is 12.2. The van der Waals surface area contributed by atoms with Gasteiger partial charge in [0.2, 0.25) is 5.91 Å². The average Bonchev–Trinajstić information content (AvgIpc) is 3.27. The highest BCUT2D eigenvalue weighted by molar-refractivity contribution is 14.0. The fourth-order valence-electron chi connectivity index (χ4n) is 4.60. The summed E-state index contributed by atoms with van der Waals surface area (Å²) in [5.74, 6) is 1.05. The first-order valence-corrected chi connectivity index (χ1v) is 11.7. The molecule has 2 aliphatic rings. The summed E-state index contributed by atoms with van der Waals surface area (Å²) < 4.78 is 1.84. The number of nitrogens with zero attached hydrogens (tertiary/aromatic N) is 5. The van der Waals surface area contributed by atoms with Gasteiger partial charge in [0.1, 0.15) is 0 Å². The van der Waals surface area contributed by atoms with Gasteiger partial charge in [0.15, 0.2) is 5.96 Å². The molecule has 1 amide bonds. The summed E-state index contributed by atoms with van der Waals surface area (Å²) in [7, 11) is 3.75. The summed E-state index contributed by atoms with van der Waals surface area (Å²) in [4.78, 5) is 21.4. The molecule has 180 valence electrons. The Hall–Kier alpha value is -2.30. The smallest absolute Gasteiger partial charge is 0.222 e. The predicted molar refractivity (Wildman–Crippen MR) is 143 cm³/mol. The topological polar surface area (TPSA) is 77.8 Å². The summed E-state index contributed by atoms with van der Waals surface area (Å²) in [5, 5.41) is 11.2. The lowest BCUT2D eigenvalue weighted by molar-refractivity contribution is -0.132. The maximum absolute atomic E-state index is 12.7. The van der Waals surface area contributed by atoms with Gasteiger partial charge in [-0.1, -0.05) is 24.3 Å². The predicted octanol–water partition coefficient (Wildman–Crippen LogP) is 2.54. The van der Waals surface area contributed by atoms with Crippen LogP contribution in [0, 0.1) is 0 Å². The zero-order chi connectivity index (χ0) is 22.3. The van der Waals surface area contributed by atoms with Gasteiger partial charge in [0, 0.05) is 65.5 Å². The summed E-state index contributed by atoms with van der Waals surface area (Å²) in [5.41, 5.74) is 3.82. The van der Waals surface area contributed by atoms with Crippen LogP contribution < -0.4 is 15.5 Å². The van der Waals surface area contributed by atoms with Crippen LogP contribution in [0.5, 0.6) is 0 Å². The molecule has 2 N–H and O–H groups in total. The first-order valence-electron chi connectivity index (χ1n) is 11.7. The van der Waals surface area contributed by atoms with Gasteiger partial charge < -0.3 is 20.4 Å². The highest BCUT2D eigenvalue weighted by Crippen LogP contribution is 2.20. The summed E-state index contributed by atoms with van der Waals surface area (Å²) >= 11 is 0. The molecule has 3 heterocycles. The zero-order valence-corrected chi connectivity index (χ0v) is 22.0. The molecule has 0 saturated carbocycles. The largest absolute Gasteiger partial charge is 0.367 e. The van der Waals surface area contributed by atoms with Crippen LogP contribution in [0.3, 0.4) is 0 Å². The van der Waals surface area contributed by atoms with Crippen LogP contribution in [0.2, 0.25) is 0 Å². The van der Waals surface area contributed by atoms with Crippen molar-refractivity contribution < 1.29 is 4.79 Å². The Labute approximate surface area is 213 Å². The Kier molecular flexibility index (Phi) is 9.40. The summed E-state index contributed by atoms with van der Waals surface area (Å²) in [6.45, 7) is 4.28. The van der Waals surface area contributed by atoms with Crippen molar-refractivity contribution in [1.29, 1.82) is 0 Å². The molecule has 2 aliphatic heterocycles. The van der Waals surface area contributed by atoms with Gasteiger partial charge in [-0.15, -0.1) is 24.0 Å². The minimum Gasteiger partial charge on any atom is -0.367 e. The number of nitrogens with one attached hydrogen (secondary N) is 2. The van der Waals surface area contributed by atoms with Crippen LogP contribution in [0.25, 0.3) is 0 Å². The van der Waals surface area contributed by atoms with E-state index in [4.69, 9.17) is 0 Å². The number of benzene rings is 1. The molecule has 0 bridgehead atoms. The molecule has 33 heavy (non-hydrogen) atoms. The van der Waals surface area contributed by atoms with Crippen molar-refractivity contribution in [1.82, 2.24) is 25.3 Å². The monoisotopic (exact) mass is 565 g/mol. The molecule has 0 aliphatic carbocycles. The van der Waals surface area contributed by atoms with Gasteiger partial charge in [-0.25, -0.2) is 0 Å². The molecule has 1 unspecified atom stereocenters. The van der Waals surface area contributed by atoms with E-state index in [9.17, 15) is 4.79 Å². The van der Waals surface area contributed by atoms with E-state index < -0.39 is 0 Å². The van der Waals surface area contributed by atoms with E-state index in [0.29, 0.717) is 12.5 Å². The van der Waals surface area contributed by atoms with Crippen LogP contribution in [-0.2, 0) is 24.8 Å². The van der Waals surface area contributed by atoms with Crippen molar-refractivity contribution in [2.24, 2.45) is 12.0 Å². The second-order valence-corrected chi connectivity index (χ2v) is 8.74. The van der Waals surface area contributed by atoms with E-state index in [0.717, 1.165) is 64.4 Å². The number of anilines is 1. The zero-order valence-electron chi connectivity index (χ0n) is 19.7. The number of halogens is 1. The van der Waals surface area contributed by atoms with Gasteiger partial charge in [-0.2, -0.15) is 5.10 Å². The van der Waals surface area contributed by atoms with Crippen LogP contribution in [-0.4, -0.2) is 65.8 Å². The summed E-state index contributed by atoms with van der Waals surface area (Å²) in [6.07, 6.45) is 8.55. The molecule has 1 aromatic carbocycles. The van der Waals surface area contributed by atoms with E-state index in [-0.39, 0.29) is 29.9 Å². The normalized spacial score (nSPS) is 18.4. The molecule has 1 saturated heterocycles. The Morgan fingerprint density at radius 3 is 2.82 bits per heavy atom. The first kappa shape index (κ1) is 25.3. The lowest BCUT2D eigenvalue weighted by Crippen LogP contribution is -2.51. The Balaban J connectivity index is 0.00000306. The van der Waals surface area contributed by atoms with Crippen molar-refractivity contribution in [3.63, 3.8) is 0 Å².